The molecule has 0 unspecified atom stereocenters. The number of phenolic OH excluding ortho intramolecular Hbond substituents is 1. The van der Waals surface area contributed by atoms with Crippen LogP contribution in [-0.2, 0) is 19.9 Å². The van der Waals surface area contributed by atoms with Gasteiger partial charge < -0.3 is 10.8 Å². The molecule has 1 heterocycles. The first-order valence-electron chi connectivity index (χ1n) is 5.90. The molecule has 0 spiro atoms. The Balaban J connectivity index is 2.25. The number of phenols is 1. The Morgan fingerprint density at radius 3 is 2.83 bits per heavy atom. The fourth-order valence-electron chi connectivity index (χ4n) is 2.54. The Kier molecular flexibility index (Phi) is 2.48. The number of aromatic nitrogens is 2. The van der Waals surface area contributed by atoms with E-state index in [1.54, 1.807) is 17.9 Å². The summed E-state index contributed by atoms with van der Waals surface area (Å²) in [6, 6.07) is 1.98. The number of nitrogens with zero attached hydrogens (tertiary/aromatic N) is 2. The summed E-state index contributed by atoms with van der Waals surface area (Å²) in [5.41, 5.74) is 9.62. The zero-order valence-electron chi connectivity index (χ0n) is 10.1. The lowest BCUT2D eigenvalue weighted by molar-refractivity contribution is 0.477. The number of nitrogen functional groups attached to an aromatic ring is 1. The summed E-state index contributed by atoms with van der Waals surface area (Å²) in [5, 5.41) is 14.8. The molecule has 0 saturated heterocycles. The molecule has 3 rings (SSSR count). The van der Waals surface area contributed by atoms with Gasteiger partial charge in [-0.15, -0.1) is 0 Å². The highest BCUT2D eigenvalue weighted by atomic mass is 35.5. The number of hydrogen-bond donors (Lipinski definition) is 2. The van der Waals surface area contributed by atoms with E-state index < -0.39 is 0 Å². The van der Waals surface area contributed by atoms with Crippen molar-refractivity contribution in [3.8, 4) is 16.9 Å². The zero-order valence-corrected chi connectivity index (χ0v) is 10.8. The normalized spacial score (nSPS) is 13.9. The first-order chi connectivity index (χ1) is 8.59. The standard InChI is InChI=1S/C13H14ClN3O/c1-17-13(15)10(6-16-17)9-5-7-3-2-4-8(7)11(14)12(9)18/h5-6,18H,2-4,15H2,1H3. The van der Waals surface area contributed by atoms with Crippen LogP contribution in [0.15, 0.2) is 12.3 Å². The maximum Gasteiger partial charge on any atom is 0.142 e. The third-order valence-electron chi connectivity index (χ3n) is 3.58. The van der Waals surface area contributed by atoms with Crippen LogP contribution in [0.3, 0.4) is 0 Å². The van der Waals surface area contributed by atoms with Crippen molar-refractivity contribution < 1.29 is 5.11 Å². The Labute approximate surface area is 110 Å². The Morgan fingerprint density at radius 2 is 2.17 bits per heavy atom. The van der Waals surface area contributed by atoms with Gasteiger partial charge in [-0.25, -0.2) is 0 Å². The molecule has 94 valence electrons. The largest absolute Gasteiger partial charge is 0.506 e. The molecule has 5 heteroatoms. The van der Waals surface area contributed by atoms with Gasteiger partial charge in [0.15, 0.2) is 0 Å². The number of hydrogen-bond acceptors (Lipinski definition) is 3. The van der Waals surface area contributed by atoms with Gasteiger partial charge in [0.25, 0.3) is 0 Å². The van der Waals surface area contributed by atoms with Gasteiger partial charge in [-0.2, -0.15) is 5.10 Å². The van der Waals surface area contributed by atoms with Crippen LogP contribution in [0.5, 0.6) is 5.75 Å². The Morgan fingerprint density at radius 1 is 1.39 bits per heavy atom. The number of aryl methyl sites for hydroxylation is 2. The predicted octanol–water partition coefficient (Wildman–Crippen LogP) is 2.52. The van der Waals surface area contributed by atoms with Crippen LogP contribution in [0.1, 0.15) is 17.5 Å². The average Bonchev–Trinajstić information content (AvgIpc) is 2.93. The second-order valence-electron chi connectivity index (χ2n) is 4.65. The lowest BCUT2D eigenvalue weighted by atomic mass is 10.0. The molecule has 0 fully saturated rings. The average molecular weight is 264 g/mol. The van der Waals surface area contributed by atoms with Crippen molar-refractivity contribution in [2.24, 2.45) is 7.05 Å². The third kappa shape index (κ3) is 1.49. The number of fused-ring (bicyclic) bond motifs is 1. The van der Waals surface area contributed by atoms with Crippen LogP contribution >= 0.6 is 11.6 Å². The Hall–Kier alpha value is -1.68. The molecule has 1 aliphatic rings. The molecule has 1 aromatic heterocycles. The van der Waals surface area contributed by atoms with E-state index in [0.717, 1.165) is 30.4 Å². The summed E-state index contributed by atoms with van der Waals surface area (Å²) in [5.74, 6) is 0.635. The smallest absolute Gasteiger partial charge is 0.142 e. The van der Waals surface area contributed by atoms with E-state index >= 15 is 0 Å². The molecule has 0 amide bonds. The van der Waals surface area contributed by atoms with Crippen LogP contribution in [0.4, 0.5) is 5.82 Å². The van der Waals surface area contributed by atoms with Gasteiger partial charge >= 0.3 is 0 Å². The number of rotatable bonds is 1. The molecule has 0 saturated carbocycles. The molecule has 4 nitrogen and oxygen atoms in total. The van der Waals surface area contributed by atoms with Crippen molar-refractivity contribution in [1.82, 2.24) is 9.78 Å². The van der Waals surface area contributed by atoms with Gasteiger partial charge in [0.1, 0.15) is 11.6 Å². The summed E-state index contributed by atoms with van der Waals surface area (Å²) in [7, 11) is 1.77. The predicted molar refractivity (Wildman–Crippen MR) is 71.8 cm³/mol. The maximum atomic E-state index is 10.2. The van der Waals surface area contributed by atoms with Crippen LogP contribution in [0.25, 0.3) is 11.1 Å². The summed E-state index contributed by atoms with van der Waals surface area (Å²) in [6.07, 6.45) is 4.68. The van der Waals surface area contributed by atoms with Crippen LogP contribution in [0, 0.1) is 0 Å². The lowest BCUT2D eigenvalue weighted by Crippen LogP contribution is -1.98. The highest BCUT2D eigenvalue weighted by molar-refractivity contribution is 6.33. The van der Waals surface area contributed by atoms with Gasteiger partial charge in [0.05, 0.1) is 11.2 Å². The first-order valence-corrected chi connectivity index (χ1v) is 6.28. The molecule has 1 aromatic carbocycles. The highest BCUT2D eigenvalue weighted by Crippen LogP contribution is 2.43. The minimum atomic E-state index is 0.108. The number of halogens is 1. The fraction of sp³-hybridized carbons (Fsp3) is 0.308. The third-order valence-corrected chi connectivity index (χ3v) is 3.99. The van der Waals surface area contributed by atoms with Crippen molar-refractivity contribution >= 4 is 17.4 Å². The molecule has 0 radical (unpaired) electrons. The maximum absolute atomic E-state index is 10.2. The van der Waals surface area contributed by atoms with E-state index in [-0.39, 0.29) is 5.75 Å². The van der Waals surface area contributed by atoms with E-state index in [9.17, 15) is 5.11 Å². The van der Waals surface area contributed by atoms with E-state index in [4.69, 9.17) is 17.3 Å². The van der Waals surface area contributed by atoms with E-state index in [2.05, 4.69) is 5.10 Å². The number of benzene rings is 1. The molecule has 2 aromatic rings. The lowest BCUT2D eigenvalue weighted by Gasteiger charge is -2.10. The SMILES string of the molecule is Cn1ncc(-c2cc3c(c(Cl)c2O)CCC3)c1N. The van der Waals surface area contributed by atoms with Crippen molar-refractivity contribution in [3.05, 3.63) is 28.4 Å². The van der Waals surface area contributed by atoms with Crippen LogP contribution in [0.2, 0.25) is 5.02 Å². The zero-order chi connectivity index (χ0) is 12.9. The van der Waals surface area contributed by atoms with Gasteiger partial charge in [-0.3, -0.25) is 4.68 Å². The molecular formula is C13H14ClN3O. The van der Waals surface area contributed by atoms with Crippen LogP contribution < -0.4 is 5.73 Å². The topological polar surface area (TPSA) is 64.1 Å². The highest BCUT2D eigenvalue weighted by Gasteiger charge is 2.22. The second-order valence-corrected chi connectivity index (χ2v) is 5.02. The van der Waals surface area contributed by atoms with Crippen molar-refractivity contribution in [3.63, 3.8) is 0 Å². The quantitative estimate of drug-likeness (QED) is 0.831. The summed E-state index contributed by atoms with van der Waals surface area (Å²) < 4.78 is 1.58. The molecule has 0 aliphatic heterocycles. The van der Waals surface area contributed by atoms with E-state index in [1.165, 1.54) is 5.56 Å². The van der Waals surface area contributed by atoms with Crippen molar-refractivity contribution in [2.45, 2.75) is 19.3 Å². The summed E-state index contributed by atoms with van der Waals surface area (Å²) in [4.78, 5) is 0. The van der Waals surface area contributed by atoms with Gasteiger partial charge in [-0.05, 0) is 36.5 Å². The minimum absolute atomic E-state index is 0.108. The molecular weight excluding hydrogens is 250 g/mol. The molecule has 1 aliphatic carbocycles. The number of nitrogens with two attached hydrogens (primary N) is 1. The fourth-order valence-corrected chi connectivity index (χ4v) is 2.86. The van der Waals surface area contributed by atoms with Gasteiger partial charge in [0.2, 0.25) is 0 Å². The van der Waals surface area contributed by atoms with Crippen molar-refractivity contribution in [1.29, 1.82) is 0 Å². The summed E-state index contributed by atoms with van der Waals surface area (Å²) >= 11 is 6.23. The number of aromatic hydroxyl groups is 1. The number of anilines is 1. The molecule has 3 N–H and O–H groups in total. The van der Waals surface area contributed by atoms with Gasteiger partial charge in [-0.1, -0.05) is 11.6 Å². The minimum Gasteiger partial charge on any atom is -0.506 e. The first kappa shape index (κ1) is 11.4. The Bertz CT molecular complexity index is 634. The van der Waals surface area contributed by atoms with E-state index in [1.807, 2.05) is 6.07 Å². The van der Waals surface area contributed by atoms with E-state index in [0.29, 0.717) is 16.4 Å². The second kappa shape index (κ2) is 3.92. The van der Waals surface area contributed by atoms with Crippen molar-refractivity contribution in [2.75, 3.05) is 5.73 Å². The molecule has 18 heavy (non-hydrogen) atoms. The van der Waals surface area contributed by atoms with Crippen LogP contribution in [-0.4, -0.2) is 14.9 Å². The van der Waals surface area contributed by atoms with Gasteiger partial charge in [0, 0.05) is 18.2 Å². The monoisotopic (exact) mass is 263 g/mol. The molecule has 0 atom stereocenters. The summed E-state index contributed by atoms with van der Waals surface area (Å²) in [6.45, 7) is 0. The molecule has 0 bridgehead atoms.